The molecule has 0 spiro atoms. The molecule has 2 saturated heterocycles. The minimum absolute atomic E-state index is 0.179. The van der Waals surface area contributed by atoms with Gasteiger partial charge in [-0.2, -0.15) is 0 Å². The van der Waals surface area contributed by atoms with E-state index in [2.05, 4.69) is 0 Å². The van der Waals surface area contributed by atoms with E-state index in [1.165, 1.54) is 0 Å². The third kappa shape index (κ3) is 2.67. The molecule has 0 aromatic heterocycles. The molecule has 1 amide bonds. The second-order valence-electron chi connectivity index (χ2n) is 5.77. The number of fused-ring (bicyclic) bond motifs is 1. The Morgan fingerprint density at radius 2 is 2.00 bits per heavy atom. The Balaban J connectivity index is 1.90. The largest absolute Gasteiger partial charge is 0.444 e. The van der Waals surface area contributed by atoms with Crippen LogP contribution in [-0.4, -0.2) is 42.9 Å². The van der Waals surface area contributed by atoms with Crippen molar-refractivity contribution in [2.24, 2.45) is 11.8 Å². The molecule has 0 radical (unpaired) electrons. The first kappa shape index (κ1) is 11.7. The SMILES string of the molecule is CC(C)(C)OC(=O)N1C[C@@H]2CCOC[C@H]2C1. The molecule has 0 bridgehead atoms. The van der Waals surface area contributed by atoms with E-state index in [0.29, 0.717) is 11.8 Å². The average molecular weight is 227 g/mol. The highest BCUT2D eigenvalue weighted by molar-refractivity contribution is 5.68. The fourth-order valence-corrected chi connectivity index (χ4v) is 2.40. The van der Waals surface area contributed by atoms with E-state index in [-0.39, 0.29) is 6.09 Å². The fourth-order valence-electron chi connectivity index (χ4n) is 2.40. The number of nitrogens with zero attached hydrogens (tertiary/aromatic N) is 1. The molecular formula is C12H21NO3. The molecule has 0 aliphatic carbocycles. The van der Waals surface area contributed by atoms with Crippen molar-refractivity contribution in [2.45, 2.75) is 32.8 Å². The summed E-state index contributed by atoms with van der Waals surface area (Å²) in [6, 6.07) is 0. The maximum Gasteiger partial charge on any atom is 0.410 e. The quantitative estimate of drug-likeness (QED) is 0.634. The van der Waals surface area contributed by atoms with Crippen molar-refractivity contribution in [3.63, 3.8) is 0 Å². The highest BCUT2D eigenvalue weighted by atomic mass is 16.6. The van der Waals surface area contributed by atoms with Gasteiger partial charge in [0.15, 0.2) is 0 Å². The van der Waals surface area contributed by atoms with Crippen LogP contribution in [0.3, 0.4) is 0 Å². The van der Waals surface area contributed by atoms with Gasteiger partial charge >= 0.3 is 6.09 Å². The molecule has 0 N–H and O–H groups in total. The lowest BCUT2D eigenvalue weighted by Crippen LogP contribution is -2.35. The monoisotopic (exact) mass is 227 g/mol. The lowest BCUT2D eigenvalue weighted by Gasteiger charge is -2.24. The number of amides is 1. The summed E-state index contributed by atoms with van der Waals surface area (Å²) in [5, 5.41) is 0. The van der Waals surface area contributed by atoms with Crippen LogP contribution in [-0.2, 0) is 9.47 Å². The van der Waals surface area contributed by atoms with Crippen molar-refractivity contribution in [1.82, 2.24) is 4.90 Å². The van der Waals surface area contributed by atoms with Crippen LogP contribution in [0.4, 0.5) is 4.79 Å². The Hall–Kier alpha value is -0.770. The minimum atomic E-state index is -0.401. The van der Waals surface area contributed by atoms with Gasteiger partial charge in [-0.3, -0.25) is 0 Å². The summed E-state index contributed by atoms with van der Waals surface area (Å²) >= 11 is 0. The topological polar surface area (TPSA) is 38.8 Å². The van der Waals surface area contributed by atoms with Crippen LogP contribution in [0.1, 0.15) is 27.2 Å². The normalized spacial score (nSPS) is 30.1. The molecule has 4 nitrogen and oxygen atoms in total. The molecule has 0 unspecified atom stereocenters. The molecule has 92 valence electrons. The minimum Gasteiger partial charge on any atom is -0.444 e. The smallest absolute Gasteiger partial charge is 0.410 e. The van der Waals surface area contributed by atoms with Crippen molar-refractivity contribution >= 4 is 6.09 Å². The van der Waals surface area contributed by atoms with Crippen molar-refractivity contribution in [2.75, 3.05) is 26.3 Å². The van der Waals surface area contributed by atoms with Gasteiger partial charge in [0, 0.05) is 25.6 Å². The Morgan fingerprint density at radius 1 is 1.31 bits per heavy atom. The second-order valence-corrected chi connectivity index (χ2v) is 5.77. The summed E-state index contributed by atoms with van der Waals surface area (Å²) in [5.41, 5.74) is -0.401. The Morgan fingerprint density at radius 3 is 2.62 bits per heavy atom. The van der Waals surface area contributed by atoms with Crippen molar-refractivity contribution in [3.8, 4) is 0 Å². The first-order chi connectivity index (χ1) is 7.46. The van der Waals surface area contributed by atoms with Gasteiger partial charge in [0.05, 0.1) is 6.61 Å². The molecule has 2 heterocycles. The fraction of sp³-hybridized carbons (Fsp3) is 0.917. The van der Waals surface area contributed by atoms with E-state index in [4.69, 9.17) is 9.47 Å². The first-order valence-electron chi connectivity index (χ1n) is 6.01. The van der Waals surface area contributed by atoms with Crippen LogP contribution < -0.4 is 0 Å². The molecule has 2 fully saturated rings. The van der Waals surface area contributed by atoms with Crippen molar-refractivity contribution in [3.05, 3.63) is 0 Å². The van der Waals surface area contributed by atoms with E-state index in [9.17, 15) is 4.79 Å². The number of hydrogen-bond acceptors (Lipinski definition) is 3. The van der Waals surface area contributed by atoms with Gasteiger partial charge in [-0.05, 0) is 33.1 Å². The molecule has 0 saturated carbocycles. The summed E-state index contributed by atoms with van der Waals surface area (Å²) in [6.07, 6.45) is 0.895. The van der Waals surface area contributed by atoms with Gasteiger partial charge in [0.1, 0.15) is 5.60 Å². The highest BCUT2D eigenvalue weighted by Crippen LogP contribution is 2.30. The summed E-state index contributed by atoms with van der Waals surface area (Å²) in [7, 11) is 0. The molecule has 2 atom stereocenters. The van der Waals surface area contributed by atoms with E-state index in [1.54, 1.807) is 0 Å². The van der Waals surface area contributed by atoms with Gasteiger partial charge in [0.25, 0.3) is 0 Å². The zero-order chi connectivity index (χ0) is 11.8. The average Bonchev–Trinajstić information content (AvgIpc) is 2.58. The van der Waals surface area contributed by atoms with Crippen LogP contribution in [0.5, 0.6) is 0 Å². The molecule has 2 rings (SSSR count). The van der Waals surface area contributed by atoms with E-state index in [1.807, 2.05) is 25.7 Å². The van der Waals surface area contributed by atoms with E-state index in [0.717, 1.165) is 32.7 Å². The maximum atomic E-state index is 11.9. The number of rotatable bonds is 0. The number of likely N-dealkylation sites (tertiary alicyclic amines) is 1. The van der Waals surface area contributed by atoms with Crippen molar-refractivity contribution in [1.29, 1.82) is 0 Å². The second kappa shape index (κ2) is 4.24. The Labute approximate surface area is 96.9 Å². The third-order valence-corrected chi connectivity index (χ3v) is 3.19. The van der Waals surface area contributed by atoms with Crippen LogP contribution in [0.15, 0.2) is 0 Å². The summed E-state index contributed by atoms with van der Waals surface area (Å²) < 4.78 is 10.8. The number of hydrogen-bond donors (Lipinski definition) is 0. The molecule has 4 heteroatoms. The van der Waals surface area contributed by atoms with Crippen LogP contribution >= 0.6 is 0 Å². The van der Waals surface area contributed by atoms with E-state index < -0.39 is 5.60 Å². The van der Waals surface area contributed by atoms with Gasteiger partial charge in [-0.15, -0.1) is 0 Å². The van der Waals surface area contributed by atoms with Crippen LogP contribution in [0, 0.1) is 11.8 Å². The Bertz CT molecular complexity index is 258. The summed E-state index contributed by atoms with van der Waals surface area (Å²) in [4.78, 5) is 13.7. The standard InChI is InChI=1S/C12H21NO3/c1-12(2,3)16-11(14)13-6-9-4-5-15-8-10(9)7-13/h9-10H,4-8H2,1-3H3/t9-,10+/m0/s1. The van der Waals surface area contributed by atoms with Gasteiger partial charge in [-0.25, -0.2) is 4.79 Å². The maximum absolute atomic E-state index is 11.9. The molecule has 0 aromatic carbocycles. The van der Waals surface area contributed by atoms with Gasteiger partial charge in [0.2, 0.25) is 0 Å². The third-order valence-electron chi connectivity index (χ3n) is 3.19. The lowest BCUT2D eigenvalue weighted by molar-refractivity contribution is 0.0274. The number of carbonyl (C=O) groups excluding carboxylic acids is 1. The molecular weight excluding hydrogens is 206 g/mol. The van der Waals surface area contributed by atoms with Crippen LogP contribution in [0.25, 0.3) is 0 Å². The van der Waals surface area contributed by atoms with Crippen LogP contribution in [0.2, 0.25) is 0 Å². The lowest BCUT2D eigenvalue weighted by atomic mass is 9.92. The zero-order valence-corrected chi connectivity index (χ0v) is 10.4. The molecule has 2 aliphatic heterocycles. The predicted octanol–water partition coefficient (Wildman–Crippen LogP) is 1.89. The first-order valence-corrected chi connectivity index (χ1v) is 6.01. The molecule has 0 aromatic rings. The predicted molar refractivity (Wildman–Crippen MR) is 60.2 cm³/mol. The summed E-state index contributed by atoms with van der Waals surface area (Å²) in [6.45, 7) is 8.96. The van der Waals surface area contributed by atoms with Gasteiger partial charge in [-0.1, -0.05) is 0 Å². The van der Waals surface area contributed by atoms with E-state index >= 15 is 0 Å². The molecule has 16 heavy (non-hydrogen) atoms. The zero-order valence-electron chi connectivity index (χ0n) is 10.4. The number of carbonyl (C=O) groups is 1. The highest BCUT2D eigenvalue weighted by Gasteiger charge is 2.38. The molecule has 2 aliphatic rings. The summed E-state index contributed by atoms with van der Waals surface area (Å²) in [5.74, 6) is 1.13. The number of ether oxygens (including phenoxy) is 2. The van der Waals surface area contributed by atoms with Crippen molar-refractivity contribution < 1.29 is 14.3 Å². The van der Waals surface area contributed by atoms with Gasteiger partial charge < -0.3 is 14.4 Å². The Kier molecular flexibility index (Phi) is 3.10.